The third-order valence-electron chi connectivity index (χ3n) is 11.2. The molecule has 0 aliphatic carbocycles. The first-order chi connectivity index (χ1) is 30.4. The lowest BCUT2D eigenvalue weighted by atomic mass is 9.95. The summed E-state index contributed by atoms with van der Waals surface area (Å²) in [6.07, 6.45) is -13.4. The third kappa shape index (κ3) is 19.3. The van der Waals surface area contributed by atoms with Crippen LogP contribution in [0.4, 0.5) is 52.7 Å². The molecular formula is C56H72F12. The Balaban J connectivity index is 0.000000826. The highest BCUT2D eigenvalue weighted by Crippen LogP contribution is 2.39. The Bertz CT molecular complexity index is 2330. The molecule has 0 amide bonds. The van der Waals surface area contributed by atoms with Crippen LogP contribution in [0.15, 0.2) is 72.8 Å². The van der Waals surface area contributed by atoms with Gasteiger partial charge in [0.05, 0.1) is 16.7 Å². The molecule has 0 aliphatic rings. The van der Waals surface area contributed by atoms with Crippen LogP contribution in [0.2, 0.25) is 0 Å². The van der Waals surface area contributed by atoms with Gasteiger partial charge in [-0.05, 0) is 158 Å². The lowest BCUT2D eigenvalue weighted by molar-refractivity contribution is -0.139. The summed E-state index contributed by atoms with van der Waals surface area (Å²) in [4.78, 5) is 0. The van der Waals surface area contributed by atoms with Crippen molar-refractivity contribution >= 4 is 0 Å². The van der Waals surface area contributed by atoms with Crippen molar-refractivity contribution in [2.45, 2.75) is 173 Å². The van der Waals surface area contributed by atoms with E-state index >= 15 is 0 Å². The van der Waals surface area contributed by atoms with E-state index in [4.69, 9.17) is 0 Å². The molecule has 0 saturated heterocycles. The summed E-state index contributed by atoms with van der Waals surface area (Å²) in [5.41, 5.74) is 7.98. The van der Waals surface area contributed by atoms with Crippen molar-refractivity contribution in [1.82, 2.24) is 0 Å². The average Bonchev–Trinajstić information content (AvgIpc) is 3.17. The molecule has 5 rings (SSSR count). The summed E-state index contributed by atoms with van der Waals surface area (Å²) >= 11 is 0. The number of rotatable bonds is 5. The SMILES string of the molecule is C.CC(C)c1c(F)cc(F)cc1C(F)(F)F.Cc1cc(C(C)C)cc(C)c1C.Cc1cc(C(F)(F)F)c(C(C)C)cc1F.Cc1ccc(C(C)C)c(C(F)(F)F)c1.Cc1ccc(C(C)C)cc1C. The van der Waals surface area contributed by atoms with Gasteiger partial charge >= 0.3 is 18.5 Å². The number of halogens is 12. The van der Waals surface area contributed by atoms with Gasteiger partial charge in [0.25, 0.3) is 0 Å². The molecule has 12 heteroatoms. The molecule has 5 aromatic carbocycles. The van der Waals surface area contributed by atoms with E-state index in [2.05, 4.69) is 92.6 Å². The fraction of sp³-hybridized carbons (Fsp3) is 0.464. The minimum atomic E-state index is -4.73. The van der Waals surface area contributed by atoms with Crippen LogP contribution in [0, 0.1) is 65.9 Å². The highest BCUT2D eigenvalue weighted by Gasteiger charge is 2.37. The van der Waals surface area contributed by atoms with Gasteiger partial charge in [-0.1, -0.05) is 125 Å². The van der Waals surface area contributed by atoms with Crippen LogP contribution in [0.25, 0.3) is 0 Å². The van der Waals surface area contributed by atoms with E-state index in [1.165, 1.54) is 65.8 Å². The minimum absolute atomic E-state index is 0. The van der Waals surface area contributed by atoms with Gasteiger partial charge in [-0.2, -0.15) is 39.5 Å². The largest absolute Gasteiger partial charge is 0.416 e. The van der Waals surface area contributed by atoms with Crippen LogP contribution in [0.1, 0.15) is 190 Å². The summed E-state index contributed by atoms with van der Waals surface area (Å²) in [5.74, 6) is -2.78. The second kappa shape index (κ2) is 26.3. The topological polar surface area (TPSA) is 0 Å². The predicted molar refractivity (Wildman–Crippen MR) is 257 cm³/mol. The zero-order valence-corrected chi connectivity index (χ0v) is 41.9. The summed E-state index contributed by atoms with van der Waals surface area (Å²) in [5, 5.41) is 0. The van der Waals surface area contributed by atoms with Gasteiger partial charge in [-0.25, -0.2) is 13.2 Å². The van der Waals surface area contributed by atoms with Crippen molar-refractivity contribution in [2.24, 2.45) is 0 Å². The number of alkyl halides is 9. The molecule has 0 fully saturated rings. The van der Waals surface area contributed by atoms with E-state index in [0.717, 1.165) is 12.1 Å². The summed E-state index contributed by atoms with van der Waals surface area (Å²) in [6, 6.07) is 18.4. The second-order valence-corrected chi connectivity index (χ2v) is 18.5. The maximum atomic E-state index is 13.2. The van der Waals surface area contributed by atoms with Crippen LogP contribution in [0.5, 0.6) is 0 Å². The molecule has 0 N–H and O–H groups in total. The molecule has 0 nitrogen and oxygen atoms in total. The third-order valence-corrected chi connectivity index (χ3v) is 11.2. The van der Waals surface area contributed by atoms with Crippen LogP contribution in [-0.4, -0.2) is 0 Å². The van der Waals surface area contributed by atoms with Gasteiger partial charge in [0.15, 0.2) is 0 Å². The zero-order valence-electron chi connectivity index (χ0n) is 41.9. The van der Waals surface area contributed by atoms with Crippen LogP contribution >= 0.6 is 0 Å². The van der Waals surface area contributed by atoms with E-state index in [9.17, 15) is 52.7 Å². The minimum Gasteiger partial charge on any atom is -0.207 e. The van der Waals surface area contributed by atoms with Gasteiger partial charge in [0.1, 0.15) is 17.5 Å². The van der Waals surface area contributed by atoms with E-state index in [-0.39, 0.29) is 30.4 Å². The first-order valence-electron chi connectivity index (χ1n) is 22.2. The number of aryl methyl sites for hydroxylation is 6. The molecule has 0 aromatic heterocycles. The van der Waals surface area contributed by atoms with Crippen LogP contribution in [0.3, 0.4) is 0 Å². The summed E-state index contributed by atoms with van der Waals surface area (Å²) in [6.45, 7) is 32.4. The Morgan fingerprint density at radius 3 is 1.19 bits per heavy atom. The maximum Gasteiger partial charge on any atom is 0.416 e. The maximum absolute atomic E-state index is 13.2. The molecule has 0 heterocycles. The summed E-state index contributed by atoms with van der Waals surface area (Å²) in [7, 11) is 0. The Morgan fingerprint density at radius 1 is 0.353 bits per heavy atom. The van der Waals surface area contributed by atoms with Crippen molar-refractivity contribution in [1.29, 1.82) is 0 Å². The van der Waals surface area contributed by atoms with Gasteiger partial charge in [0, 0.05) is 11.6 Å². The lowest BCUT2D eigenvalue weighted by Crippen LogP contribution is -2.12. The first kappa shape index (κ1) is 63.3. The molecule has 0 radical (unpaired) electrons. The van der Waals surface area contributed by atoms with E-state index in [1.807, 2.05) is 0 Å². The molecule has 68 heavy (non-hydrogen) atoms. The molecule has 380 valence electrons. The first-order valence-corrected chi connectivity index (χ1v) is 22.2. The quantitative estimate of drug-likeness (QED) is 0.154. The van der Waals surface area contributed by atoms with Crippen molar-refractivity contribution < 1.29 is 52.7 Å². The number of benzene rings is 5. The van der Waals surface area contributed by atoms with E-state index in [1.54, 1.807) is 46.8 Å². The van der Waals surface area contributed by atoms with Crippen molar-refractivity contribution in [3.63, 3.8) is 0 Å². The lowest BCUT2D eigenvalue weighted by Gasteiger charge is -2.16. The van der Waals surface area contributed by atoms with Gasteiger partial charge in [0.2, 0.25) is 0 Å². The van der Waals surface area contributed by atoms with Crippen LogP contribution in [-0.2, 0) is 18.5 Å². The van der Waals surface area contributed by atoms with E-state index < -0.39 is 64.2 Å². The molecule has 0 saturated carbocycles. The second-order valence-electron chi connectivity index (χ2n) is 18.5. The highest BCUT2D eigenvalue weighted by molar-refractivity contribution is 5.39. The molecule has 5 aromatic rings. The molecule has 0 bridgehead atoms. The summed E-state index contributed by atoms with van der Waals surface area (Å²) < 4.78 is 152. The fourth-order valence-corrected chi connectivity index (χ4v) is 6.77. The van der Waals surface area contributed by atoms with Crippen molar-refractivity contribution in [3.8, 4) is 0 Å². The Labute approximate surface area is 398 Å². The van der Waals surface area contributed by atoms with Crippen molar-refractivity contribution in [2.75, 3.05) is 0 Å². The van der Waals surface area contributed by atoms with Crippen LogP contribution < -0.4 is 0 Å². The number of hydrogen-bond acceptors (Lipinski definition) is 0. The van der Waals surface area contributed by atoms with E-state index in [0.29, 0.717) is 35.1 Å². The molecular weight excluding hydrogens is 901 g/mol. The molecule has 0 unspecified atom stereocenters. The average molecular weight is 973 g/mol. The standard InChI is InChI=1S/C12H18.C11H12F4.C11H13F3.C11H16.C10H9F5.CH4/c1-8(2)12-6-9(3)11(5)10(4)7-12;1-6(2)8-5-10(12)7(3)4-9(8)11(13,14)15;1-7(2)9-5-4-8(3)6-10(9)11(12,13)14;1-8(2)11-6-5-9(3)10(4)7-11;1-5(2)9-7(10(13,14)15)3-6(11)4-8(9)12;/h6-8H,1-5H3;4-6H,1-3H3;4-7H,1-3H3;5-8H,1-4H3;3-5H,1-2H3;1H4. The number of hydrogen-bond donors (Lipinski definition) is 0. The zero-order chi connectivity index (χ0) is 52.3. The Kier molecular flexibility index (Phi) is 24.5. The molecule has 0 aliphatic heterocycles. The predicted octanol–water partition coefficient (Wildman–Crippen LogP) is 20.3. The molecule has 0 spiro atoms. The highest BCUT2D eigenvalue weighted by atomic mass is 19.4. The van der Waals surface area contributed by atoms with Crippen molar-refractivity contribution in [3.05, 3.63) is 174 Å². The Hall–Kier alpha value is -4.74. The van der Waals surface area contributed by atoms with Gasteiger partial charge < -0.3 is 0 Å². The normalized spacial score (nSPS) is 11.6. The Morgan fingerprint density at radius 2 is 0.794 bits per heavy atom. The van der Waals surface area contributed by atoms with Gasteiger partial charge in [-0.15, -0.1) is 0 Å². The smallest absolute Gasteiger partial charge is 0.207 e. The van der Waals surface area contributed by atoms with Gasteiger partial charge in [-0.3, -0.25) is 0 Å². The fourth-order valence-electron chi connectivity index (χ4n) is 6.77. The molecule has 0 atom stereocenters. The monoisotopic (exact) mass is 973 g/mol.